The van der Waals surface area contributed by atoms with Gasteiger partial charge in [-0.1, -0.05) is 94.1 Å². The van der Waals surface area contributed by atoms with Crippen LogP contribution in [0.1, 0.15) is 85.0 Å². The summed E-state index contributed by atoms with van der Waals surface area (Å²) in [6, 6.07) is 0. The fourth-order valence-electron chi connectivity index (χ4n) is 3.49. The summed E-state index contributed by atoms with van der Waals surface area (Å²) in [5.41, 5.74) is 0. The van der Waals surface area contributed by atoms with Crippen molar-refractivity contribution in [1.82, 2.24) is 0 Å². The van der Waals surface area contributed by atoms with Gasteiger partial charge in [0, 0.05) is 26.2 Å². The van der Waals surface area contributed by atoms with Crippen LogP contribution in [0.2, 0.25) is 0 Å². The Labute approximate surface area is 209 Å². The molecule has 1 unspecified atom stereocenters. The van der Waals surface area contributed by atoms with E-state index in [1.807, 2.05) is 0 Å². The third-order valence-corrected chi connectivity index (χ3v) is 5.82. The molecular weight excluding hydrogens is 477 g/mol. The van der Waals surface area contributed by atoms with Crippen LogP contribution in [0, 0.1) is 5.41 Å². The van der Waals surface area contributed by atoms with Crippen LogP contribution in [-0.4, -0.2) is 60.7 Å². The van der Waals surface area contributed by atoms with Gasteiger partial charge < -0.3 is 23.7 Å². The van der Waals surface area contributed by atoms with E-state index in [1.54, 1.807) is 0 Å². The Hall–Kier alpha value is 0.180. The van der Waals surface area contributed by atoms with E-state index in [1.165, 1.54) is 0 Å². The Balaban J connectivity index is 2.84. The van der Waals surface area contributed by atoms with Crippen LogP contribution in [-0.2, 0) is 23.7 Å². The van der Waals surface area contributed by atoms with Crippen molar-refractivity contribution < 1.29 is 23.7 Å². The predicted molar refractivity (Wildman–Crippen MR) is 131 cm³/mol. The van der Waals surface area contributed by atoms with Gasteiger partial charge in [0.1, 0.15) is 12.2 Å². The summed E-state index contributed by atoms with van der Waals surface area (Å²) in [4.78, 5) is 0. The lowest BCUT2D eigenvalue weighted by Gasteiger charge is -2.41. The molecule has 0 aromatic carbocycles. The van der Waals surface area contributed by atoms with Gasteiger partial charge in [-0.05, 0) is 19.3 Å². The number of hydrogen-bond acceptors (Lipinski definition) is 6. The van der Waals surface area contributed by atoms with Gasteiger partial charge in [-0.15, -0.1) is 0 Å². The highest BCUT2D eigenvalue weighted by molar-refractivity contribution is 6.76. The van der Waals surface area contributed by atoms with Gasteiger partial charge in [-0.2, -0.15) is 0 Å². The lowest BCUT2D eigenvalue weighted by atomic mass is 10.0. The monoisotopic (exact) mass is 517 g/mol. The normalized spacial score (nSPS) is 23.9. The summed E-state index contributed by atoms with van der Waals surface area (Å²) in [5, 5.41) is 7.92. The lowest BCUT2D eigenvalue weighted by Crippen LogP contribution is -2.54. The molecule has 0 spiro atoms. The van der Waals surface area contributed by atoms with Crippen molar-refractivity contribution in [3.63, 3.8) is 0 Å². The quantitative estimate of drug-likeness (QED) is 0.0989. The van der Waals surface area contributed by atoms with Gasteiger partial charge in [0.05, 0.1) is 12.7 Å². The molecule has 0 saturated carbocycles. The molecule has 0 bridgehead atoms. The molecular formula is C23H42Cl3NO5. The summed E-state index contributed by atoms with van der Waals surface area (Å²) in [6.45, 7) is 8.77. The maximum absolute atomic E-state index is 7.92. The van der Waals surface area contributed by atoms with Crippen LogP contribution in [0.5, 0.6) is 0 Å². The van der Waals surface area contributed by atoms with Gasteiger partial charge in [0.25, 0.3) is 3.79 Å². The van der Waals surface area contributed by atoms with E-state index >= 15 is 0 Å². The average molecular weight is 519 g/mol. The van der Waals surface area contributed by atoms with Gasteiger partial charge in [-0.25, -0.2) is 0 Å². The second-order valence-electron chi connectivity index (χ2n) is 8.23. The Morgan fingerprint density at radius 2 is 1.44 bits per heavy atom. The Morgan fingerprint density at radius 1 is 0.875 bits per heavy atom. The molecule has 1 saturated heterocycles. The molecule has 1 N–H and O–H groups in total. The Kier molecular flexibility index (Phi) is 16.6. The first-order chi connectivity index (χ1) is 15.3. The SMILES string of the molecule is CCCCCOC[C@@H]1OC(OC(=N)C(Cl)(Cl)Cl)C[C@H](OCCCCC)[C@H]1OCCCCC. The standard InChI is InChI=1S/C23H42Cl3NO5/c1-4-7-10-13-28-17-19-21(30-15-12-9-6-3)18(29-14-11-8-5-2)16-20(31-19)32-22(27)23(24,25)26/h18-21,27H,4-17H2,1-3H3/t18-,19-,20?,21+/m0/s1. The molecule has 9 heteroatoms. The molecule has 0 amide bonds. The fourth-order valence-corrected chi connectivity index (χ4v) is 3.62. The average Bonchev–Trinajstić information content (AvgIpc) is 2.74. The van der Waals surface area contributed by atoms with E-state index in [2.05, 4.69) is 20.8 Å². The number of nitrogens with one attached hydrogen (secondary N) is 1. The minimum absolute atomic E-state index is 0.250. The topological polar surface area (TPSA) is 70.0 Å². The first-order valence-corrected chi connectivity index (χ1v) is 13.3. The van der Waals surface area contributed by atoms with Crippen molar-refractivity contribution in [1.29, 1.82) is 5.41 Å². The van der Waals surface area contributed by atoms with E-state index in [-0.39, 0.29) is 12.2 Å². The Bertz CT molecular complexity index is 493. The second-order valence-corrected chi connectivity index (χ2v) is 10.5. The van der Waals surface area contributed by atoms with Crippen molar-refractivity contribution in [2.75, 3.05) is 26.4 Å². The van der Waals surface area contributed by atoms with E-state index in [0.29, 0.717) is 32.8 Å². The van der Waals surface area contributed by atoms with E-state index in [4.69, 9.17) is 63.9 Å². The first kappa shape index (κ1) is 30.2. The van der Waals surface area contributed by atoms with Crippen molar-refractivity contribution >= 4 is 40.7 Å². The minimum Gasteiger partial charge on any atom is -0.448 e. The molecule has 0 aromatic heterocycles. The van der Waals surface area contributed by atoms with E-state index < -0.39 is 22.1 Å². The molecule has 1 fully saturated rings. The van der Waals surface area contributed by atoms with Crippen LogP contribution in [0.15, 0.2) is 0 Å². The van der Waals surface area contributed by atoms with Gasteiger partial charge in [0.2, 0.25) is 12.2 Å². The summed E-state index contributed by atoms with van der Waals surface area (Å²) in [5.74, 6) is -0.470. The predicted octanol–water partition coefficient (Wildman–Crippen LogP) is 6.82. The first-order valence-electron chi connectivity index (χ1n) is 12.1. The third kappa shape index (κ3) is 12.6. The van der Waals surface area contributed by atoms with Crippen LogP contribution in [0.4, 0.5) is 0 Å². The number of halogens is 3. The molecule has 0 aliphatic carbocycles. The maximum atomic E-state index is 7.92. The number of ether oxygens (including phenoxy) is 5. The summed E-state index contributed by atoms with van der Waals surface area (Å²) < 4.78 is 28.1. The zero-order valence-electron chi connectivity index (χ0n) is 19.9. The molecule has 32 heavy (non-hydrogen) atoms. The third-order valence-electron chi connectivity index (χ3n) is 5.30. The molecule has 0 aromatic rings. The molecule has 1 aliphatic rings. The second kappa shape index (κ2) is 17.6. The minimum atomic E-state index is -1.94. The van der Waals surface area contributed by atoms with Crippen LogP contribution < -0.4 is 0 Å². The zero-order chi connectivity index (χ0) is 23.8. The van der Waals surface area contributed by atoms with Gasteiger partial charge in [-0.3, -0.25) is 5.41 Å². The number of alkyl halides is 3. The summed E-state index contributed by atoms with van der Waals surface area (Å²) in [6.07, 6.45) is 8.38. The van der Waals surface area contributed by atoms with E-state index in [9.17, 15) is 0 Å². The number of unbranched alkanes of at least 4 members (excludes halogenated alkanes) is 6. The van der Waals surface area contributed by atoms with Crippen molar-refractivity contribution in [3.8, 4) is 0 Å². The molecule has 6 nitrogen and oxygen atoms in total. The highest BCUT2D eigenvalue weighted by Crippen LogP contribution is 2.32. The zero-order valence-corrected chi connectivity index (χ0v) is 22.2. The highest BCUT2D eigenvalue weighted by atomic mass is 35.6. The maximum Gasteiger partial charge on any atom is 0.265 e. The number of hydrogen-bond donors (Lipinski definition) is 1. The van der Waals surface area contributed by atoms with E-state index in [0.717, 1.165) is 57.8 Å². The summed E-state index contributed by atoms with van der Waals surface area (Å²) in [7, 11) is 0. The fraction of sp³-hybridized carbons (Fsp3) is 0.957. The Morgan fingerprint density at radius 3 is 2.00 bits per heavy atom. The molecule has 0 radical (unpaired) electrons. The summed E-state index contributed by atoms with van der Waals surface area (Å²) >= 11 is 17.4. The highest BCUT2D eigenvalue weighted by Gasteiger charge is 2.43. The largest absolute Gasteiger partial charge is 0.448 e. The molecule has 4 atom stereocenters. The lowest BCUT2D eigenvalue weighted by molar-refractivity contribution is -0.257. The van der Waals surface area contributed by atoms with Gasteiger partial charge >= 0.3 is 0 Å². The van der Waals surface area contributed by atoms with Crippen LogP contribution >= 0.6 is 34.8 Å². The molecule has 1 heterocycles. The van der Waals surface area contributed by atoms with Crippen molar-refractivity contribution in [3.05, 3.63) is 0 Å². The molecule has 190 valence electrons. The smallest absolute Gasteiger partial charge is 0.265 e. The molecule has 1 rings (SSSR count). The van der Waals surface area contributed by atoms with Crippen molar-refractivity contribution in [2.24, 2.45) is 0 Å². The van der Waals surface area contributed by atoms with Crippen LogP contribution in [0.3, 0.4) is 0 Å². The number of rotatable bonds is 17. The van der Waals surface area contributed by atoms with Gasteiger partial charge in [0.15, 0.2) is 0 Å². The van der Waals surface area contributed by atoms with Crippen LogP contribution in [0.25, 0.3) is 0 Å². The molecule has 1 aliphatic heterocycles. The van der Waals surface area contributed by atoms with Crippen molar-refractivity contribution in [2.45, 2.75) is 113 Å².